The molecule has 0 unspecified atom stereocenters. The number of aromatic nitrogens is 2. The number of rotatable bonds is 4. The summed E-state index contributed by atoms with van der Waals surface area (Å²) in [7, 11) is 0. The van der Waals surface area contributed by atoms with Crippen LogP contribution in [0.2, 0.25) is 0 Å². The monoisotopic (exact) mass is 337 g/mol. The van der Waals surface area contributed by atoms with Gasteiger partial charge in [-0.05, 0) is 24.3 Å². The molecule has 1 aliphatic rings. The molecule has 3 heterocycles. The number of piperazine rings is 1. The maximum atomic E-state index is 10.9. The second-order valence-electron chi connectivity index (χ2n) is 6.29. The molecule has 128 valence electrons. The molecule has 4 rings (SSSR count). The van der Waals surface area contributed by atoms with E-state index in [1.54, 1.807) is 12.1 Å². The van der Waals surface area contributed by atoms with Gasteiger partial charge >= 0.3 is 0 Å². The van der Waals surface area contributed by atoms with Crippen molar-refractivity contribution in [1.82, 2.24) is 14.9 Å². The topological polar surface area (TPSA) is 78.3 Å². The van der Waals surface area contributed by atoms with Crippen molar-refractivity contribution in [3.63, 3.8) is 0 Å². The van der Waals surface area contributed by atoms with Crippen LogP contribution in [-0.4, -0.2) is 46.0 Å². The van der Waals surface area contributed by atoms with E-state index in [1.165, 1.54) is 11.8 Å². The van der Waals surface area contributed by atoms with Gasteiger partial charge in [-0.2, -0.15) is 0 Å². The van der Waals surface area contributed by atoms with Gasteiger partial charge in [-0.25, -0.2) is 0 Å². The number of nitrogens with zero attached hydrogens (tertiary/aromatic N) is 4. The summed E-state index contributed by atoms with van der Waals surface area (Å²) in [5.74, 6) is 0. The lowest BCUT2D eigenvalue weighted by atomic mass is 10.2. The Hall–Kier alpha value is -2.93. The first-order valence-electron chi connectivity index (χ1n) is 8.32. The number of H-pyrrole nitrogens is 1. The normalized spacial score (nSPS) is 15.6. The fourth-order valence-corrected chi connectivity index (χ4v) is 3.34. The lowest BCUT2D eigenvalue weighted by molar-refractivity contribution is -0.384. The van der Waals surface area contributed by atoms with Gasteiger partial charge in [0.1, 0.15) is 0 Å². The third kappa shape index (κ3) is 3.32. The minimum atomic E-state index is -0.357. The van der Waals surface area contributed by atoms with Crippen molar-refractivity contribution in [3.05, 3.63) is 64.6 Å². The highest BCUT2D eigenvalue weighted by Gasteiger charge is 2.18. The number of nitro benzene ring substituents is 1. The molecule has 2 aromatic heterocycles. The number of benzene rings is 1. The van der Waals surface area contributed by atoms with Gasteiger partial charge in [0.2, 0.25) is 0 Å². The Kier molecular flexibility index (Phi) is 4.07. The summed E-state index contributed by atoms with van der Waals surface area (Å²) >= 11 is 0. The van der Waals surface area contributed by atoms with E-state index < -0.39 is 0 Å². The van der Waals surface area contributed by atoms with Gasteiger partial charge in [-0.3, -0.25) is 20.0 Å². The Bertz CT molecular complexity index is 885. The predicted molar refractivity (Wildman–Crippen MR) is 96.7 cm³/mol. The van der Waals surface area contributed by atoms with E-state index in [4.69, 9.17) is 0 Å². The smallest absolute Gasteiger partial charge is 0.270 e. The first-order chi connectivity index (χ1) is 12.2. The molecule has 1 N–H and O–H groups in total. The zero-order valence-electron chi connectivity index (χ0n) is 13.8. The first kappa shape index (κ1) is 15.6. The molecule has 1 fully saturated rings. The van der Waals surface area contributed by atoms with Crippen LogP contribution in [0.4, 0.5) is 11.4 Å². The Labute approximate surface area is 145 Å². The van der Waals surface area contributed by atoms with Crippen molar-refractivity contribution in [3.8, 4) is 0 Å². The molecule has 0 saturated carbocycles. The lowest BCUT2D eigenvalue weighted by Gasteiger charge is -2.35. The molecular weight excluding hydrogens is 318 g/mol. The maximum absolute atomic E-state index is 10.9. The molecule has 3 aromatic rings. The molecule has 0 spiro atoms. The van der Waals surface area contributed by atoms with Crippen LogP contribution in [0.25, 0.3) is 10.9 Å². The minimum Gasteiger partial charge on any atom is -0.369 e. The second-order valence-corrected chi connectivity index (χ2v) is 6.29. The average Bonchev–Trinajstić information content (AvgIpc) is 3.04. The Morgan fingerprint density at radius 3 is 2.56 bits per heavy atom. The highest BCUT2D eigenvalue weighted by Crippen LogP contribution is 2.23. The Morgan fingerprint density at radius 1 is 1.08 bits per heavy atom. The number of nitrogens with one attached hydrogen (secondary N) is 1. The minimum absolute atomic E-state index is 0.129. The number of anilines is 1. The third-order valence-electron chi connectivity index (χ3n) is 4.67. The number of nitro groups is 1. The maximum Gasteiger partial charge on any atom is 0.270 e. The molecule has 0 aliphatic carbocycles. The highest BCUT2D eigenvalue weighted by molar-refractivity contribution is 5.82. The predicted octanol–water partition coefficient (Wildman–Crippen LogP) is 2.79. The zero-order valence-corrected chi connectivity index (χ0v) is 13.8. The van der Waals surface area contributed by atoms with Crippen LogP contribution in [0, 0.1) is 10.1 Å². The van der Waals surface area contributed by atoms with Crippen LogP contribution in [0.3, 0.4) is 0 Å². The first-order valence-corrected chi connectivity index (χ1v) is 8.32. The van der Waals surface area contributed by atoms with Crippen LogP contribution in [0.1, 0.15) is 5.69 Å². The van der Waals surface area contributed by atoms with Crippen LogP contribution in [0.15, 0.2) is 48.8 Å². The summed E-state index contributed by atoms with van der Waals surface area (Å²) in [4.78, 5) is 22.7. The second kappa shape index (κ2) is 6.52. The van der Waals surface area contributed by atoms with Crippen LogP contribution in [0.5, 0.6) is 0 Å². The van der Waals surface area contributed by atoms with Gasteiger partial charge in [0.05, 0.1) is 4.92 Å². The molecule has 25 heavy (non-hydrogen) atoms. The number of pyridine rings is 1. The van der Waals surface area contributed by atoms with E-state index >= 15 is 0 Å². The molecule has 0 radical (unpaired) electrons. The highest BCUT2D eigenvalue weighted by atomic mass is 16.6. The molecule has 1 aliphatic heterocycles. The lowest BCUT2D eigenvalue weighted by Crippen LogP contribution is -2.46. The van der Waals surface area contributed by atoms with E-state index in [-0.39, 0.29) is 10.6 Å². The third-order valence-corrected chi connectivity index (χ3v) is 4.67. The van der Waals surface area contributed by atoms with Gasteiger partial charge < -0.3 is 9.88 Å². The van der Waals surface area contributed by atoms with Crippen molar-refractivity contribution >= 4 is 22.3 Å². The number of hydrogen-bond acceptors (Lipinski definition) is 5. The number of fused-ring (bicyclic) bond motifs is 1. The quantitative estimate of drug-likeness (QED) is 0.585. The van der Waals surface area contributed by atoms with Gasteiger partial charge in [0, 0.05) is 79.5 Å². The summed E-state index contributed by atoms with van der Waals surface area (Å²) in [6.07, 6.45) is 3.65. The number of non-ortho nitro benzene ring substituents is 1. The van der Waals surface area contributed by atoms with Crippen LogP contribution in [-0.2, 0) is 6.54 Å². The molecule has 0 bridgehead atoms. The summed E-state index contributed by atoms with van der Waals surface area (Å²) < 4.78 is 0. The van der Waals surface area contributed by atoms with Gasteiger partial charge in [-0.1, -0.05) is 0 Å². The average molecular weight is 337 g/mol. The Morgan fingerprint density at radius 2 is 1.84 bits per heavy atom. The summed E-state index contributed by atoms with van der Waals surface area (Å²) in [5, 5.41) is 11.8. The van der Waals surface area contributed by atoms with E-state index in [0.717, 1.165) is 49.3 Å². The van der Waals surface area contributed by atoms with E-state index in [1.807, 2.05) is 30.6 Å². The fraction of sp³-hybridized carbons (Fsp3) is 0.278. The van der Waals surface area contributed by atoms with Gasteiger partial charge in [0.25, 0.3) is 5.69 Å². The van der Waals surface area contributed by atoms with E-state index in [9.17, 15) is 10.1 Å². The van der Waals surface area contributed by atoms with Gasteiger partial charge in [0.15, 0.2) is 0 Å². The molecular formula is C18H19N5O2. The standard InChI is InChI=1S/C18H19N5O2/c24-23(25)17-1-2-18-14(12-17)11-15(20-18)13-21-7-9-22(10-8-21)16-3-5-19-6-4-16/h1-6,11-12,20H,7-10,13H2. The van der Waals surface area contributed by atoms with E-state index in [0.29, 0.717) is 0 Å². The van der Waals surface area contributed by atoms with Crippen molar-refractivity contribution < 1.29 is 4.92 Å². The zero-order chi connectivity index (χ0) is 17.2. The van der Waals surface area contributed by atoms with Crippen molar-refractivity contribution in [2.24, 2.45) is 0 Å². The Balaban J connectivity index is 1.41. The number of hydrogen-bond donors (Lipinski definition) is 1. The molecule has 7 heteroatoms. The fourth-order valence-electron chi connectivity index (χ4n) is 3.34. The molecule has 0 atom stereocenters. The summed E-state index contributed by atoms with van der Waals surface area (Å²) in [5.41, 5.74) is 3.38. The largest absolute Gasteiger partial charge is 0.369 e. The van der Waals surface area contributed by atoms with Crippen molar-refractivity contribution in [2.45, 2.75) is 6.54 Å². The van der Waals surface area contributed by atoms with Crippen molar-refractivity contribution in [1.29, 1.82) is 0 Å². The van der Waals surface area contributed by atoms with Crippen molar-refractivity contribution in [2.75, 3.05) is 31.1 Å². The molecule has 7 nitrogen and oxygen atoms in total. The van der Waals surface area contributed by atoms with E-state index in [2.05, 4.69) is 19.8 Å². The molecule has 1 saturated heterocycles. The molecule has 0 amide bonds. The molecule has 1 aromatic carbocycles. The number of aromatic amines is 1. The van der Waals surface area contributed by atoms with Crippen LogP contribution < -0.4 is 4.90 Å². The summed E-state index contributed by atoms with van der Waals surface area (Å²) in [6, 6.07) is 11.0. The van der Waals surface area contributed by atoms with Gasteiger partial charge in [-0.15, -0.1) is 0 Å². The summed E-state index contributed by atoms with van der Waals surface area (Å²) in [6.45, 7) is 4.76. The van der Waals surface area contributed by atoms with Crippen LogP contribution >= 0.6 is 0 Å². The SMILES string of the molecule is O=[N+]([O-])c1ccc2[nH]c(CN3CCN(c4ccncc4)CC3)cc2c1.